The molecule has 0 bridgehead atoms. The fraction of sp³-hybridized carbons (Fsp3) is 0.455. The van der Waals surface area contributed by atoms with Crippen LogP contribution in [0.4, 0.5) is 17.6 Å². The van der Waals surface area contributed by atoms with Crippen LogP contribution in [0.5, 0.6) is 0 Å². The van der Waals surface area contributed by atoms with E-state index in [4.69, 9.17) is 0 Å². The topological polar surface area (TPSA) is 58.2 Å². The molecule has 9 heteroatoms. The smallest absolute Gasteiger partial charge is 0.315 e. The number of hydrogen-bond acceptors (Lipinski definition) is 3. The van der Waals surface area contributed by atoms with E-state index in [1.807, 2.05) is 0 Å². The third-order valence-electron chi connectivity index (χ3n) is 2.94. The summed E-state index contributed by atoms with van der Waals surface area (Å²) in [4.78, 5) is -0.599. The molecule has 0 spiro atoms. The zero-order chi connectivity index (χ0) is 15.0. The molecule has 0 aliphatic carbocycles. The summed E-state index contributed by atoms with van der Waals surface area (Å²) < 4.78 is 77.0. The molecular formula is C11H12F4N2O2S. The van der Waals surface area contributed by atoms with Gasteiger partial charge in [-0.1, -0.05) is 0 Å². The van der Waals surface area contributed by atoms with Gasteiger partial charge >= 0.3 is 6.18 Å². The molecule has 1 aromatic carbocycles. The lowest BCUT2D eigenvalue weighted by atomic mass is 10.2. The molecule has 4 nitrogen and oxygen atoms in total. The van der Waals surface area contributed by atoms with E-state index in [9.17, 15) is 26.0 Å². The van der Waals surface area contributed by atoms with Crippen molar-refractivity contribution in [1.29, 1.82) is 0 Å². The summed E-state index contributed by atoms with van der Waals surface area (Å²) in [6, 6.07) is 1.25. The minimum Gasteiger partial charge on any atom is -0.315 e. The molecule has 0 aromatic heterocycles. The summed E-state index contributed by atoms with van der Waals surface area (Å²) >= 11 is 0. The average molecular weight is 312 g/mol. The molecule has 1 aliphatic heterocycles. The number of hydrogen-bond donors (Lipinski definition) is 2. The van der Waals surface area contributed by atoms with E-state index in [2.05, 4.69) is 10.0 Å². The van der Waals surface area contributed by atoms with Crippen LogP contribution in [-0.4, -0.2) is 27.5 Å². The molecule has 1 heterocycles. The van der Waals surface area contributed by atoms with Crippen LogP contribution in [0.1, 0.15) is 12.0 Å². The van der Waals surface area contributed by atoms with E-state index >= 15 is 0 Å². The van der Waals surface area contributed by atoms with Crippen molar-refractivity contribution < 1.29 is 26.0 Å². The number of halogens is 4. The molecule has 1 fully saturated rings. The highest BCUT2D eigenvalue weighted by molar-refractivity contribution is 7.89. The quantitative estimate of drug-likeness (QED) is 0.831. The predicted octanol–water partition coefficient (Wildman–Crippen LogP) is 1.48. The van der Waals surface area contributed by atoms with E-state index in [1.165, 1.54) is 0 Å². The molecule has 0 radical (unpaired) electrons. The van der Waals surface area contributed by atoms with Gasteiger partial charge in [0, 0.05) is 12.6 Å². The highest BCUT2D eigenvalue weighted by Crippen LogP contribution is 2.32. The standard InChI is InChI=1S/C11H12F4N2O2S/c12-10-2-1-8(5-9(10)11(13,14)15)20(18,19)17-7-3-4-16-6-7/h1-2,5,7,16-17H,3-4,6H2. The van der Waals surface area contributed by atoms with Crippen molar-refractivity contribution in [2.45, 2.75) is 23.5 Å². The molecule has 0 amide bonds. The first kappa shape index (κ1) is 15.2. The monoisotopic (exact) mass is 312 g/mol. The van der Waals surface area contributed by atoms with Gasteiger partial charge in [0.05, 0.1) is 10.5 Å². The number of sulfonamides is 1. The van der Waals surface area contributed by atoms with Crippen molar-refractivity contribution in [1.82, 2.24) is 10.0 Å². The normalized spacial score (nSPS) is 20.3. The highest BCUT2D eigenvalue weighted by atomic mass is 32.2. The van der Waals surface area contributed by atoms with Crippen molar-refractivity contribution in [3.8, 4) is 0 Å². The van der Waals surface area contributed by atoms with Gasteiger partial charge in [-0.15, -0.1) is 0 Å². The zero-order valence-corrected chi connectivity index (χ0v) is 11.0. The molecule has 112 valence electrons. The van der Waals surface area contributed by atoms with Gasteiger partial charge < -0.3 is 5.32 Å². The second-order valence-electron chi connectivity index (χ2n) is 4.45. The highest BCUT2D eigenvalue weighted by Gasteiger charge is 2.35. The summed E-state index contributed by atoms with van der Waals surface area (Å²) in [7, 11) is -4.10. The molecule has 0 saturated carbocycles. The Labute approximate surface area is 113 Å². The summed E-state index contributed by atoms with van der Waals surface area (Å²) in [6.07, 6.45) is -4.39. The molecule has 1 aliphatic rings. The second kappa shape index (κ2) is 5.30. The number of rotatable bonds is 3. The number of benzene rings is 1. The Morgan fingerprint density at radius 2 is 2.00 bits per heavy atom. The number of nitrogens with one attached hydrogen (secondary N) is 2. The Morgan fingerprint density at radius 3 is 2.55 bits per heavy atom. The minimum atomic E-state index is -4.94. The van der Waals surface area contributed by atoms with Crippen LogP contribution in [0.3, 0.4) is 0 Å². The molecule has 2 N–H and O–H groups in total. The van der Waals surface area contributed by atoms with E-state index < -0.39 is 32.5 Å². The molecule has 20 heavy (non-hydrogen) atoms. The Bertz CT molecular complexity index is 595. The van der Waals surface area contributed by atoms with Crippen LogP contribution in [0.2, 0.25) is 0 Å². The zero-order valence-electron chi connectivity index (χ0n) is 10.2. The maximum absolute atomic E-state index is 13.1. The van der Waals surface area contributed by atoms with Gasteiger partial charge in [-0.3, -0.25) is 0 Å². The Morgan fingerprint density at radius 1 is 1.30 bits per heavy atom. The first-order chi connectivity index (χ1) is 9.20. The fourth-order valence-corrected chi connectivity index (χ4v) is 3.23. The maximum atomic E-state index is 13.1. The lowest BCUT2D eigenvalue weighted by molar-refractivity contribution is -0.140. The lowest BCUT2D eigenvalue weighted by Gasteiger charge is -2.14. The van der Waals surface area contributed by atoms with Gasteiger partial charge in [-0.2, -0.15) is 13.2 Å². The molecular weight excluding hydrogens is 300 g/mol. The second-order valence-corrected chi connectivity index (χ2v) is 6.16. The van der Waals surface area contributed by atoms with Crippen molar-refractivity contribution in [3.05, 3.63) is 29.6 Å². The third-order valence-corrected chi connectivity index (χ3v) is 4.45. The van der Waals surface area contributed by atoms with Crippen LogP contribution in [0.15, 0.2) is 23.1 Å². The van der Waals surface area contributed by atoms with Gasteiger partial charge in [0.15, 0.2) is 0 Å². The maximum Gasteiger partial charge on any atom is 0.419 e. The van der Waals surface area contributed by atoms with E-state index in [0.717, 1.165) is 6.07 Å². The summed E-state index contributed by atoms with van der Waals surface area (Å²) in [5, 5.41) is 2.92. The number of alkyl halides is 3. The van der Waals surface area contributed by atoms with Gasteiger partial charge in [0.1, 0.15) is 5.82 Å². The van der Waals surface area contributed by atoms with Crippen molar-refractivity contribution in [3.63, 3.8) is 0 Å². The van der Waals surface area contributed by atoms with Crippen molar-refractivity contribution in [2.24, 2.45) is 0 Å². The van der Waals surface area contributed by atoms with Crippen molar-refractivity contribution in [2.75, 3.05) is 13.1 Å². The molecule has 1 aromatic rings. The van der Waals surface area contributed by atoms with Gasteiger partial charge in [-0.05, 0) is 31.2 Å². The van der Waals surface area contributed by atoms with Gasteiger partial charge in [0.25, 0.3) is 0 Å². The first-order valence-electron chi connectivity index (χ1n) is 5.80. The molecule has 1 atom stereocenters. The van der Waals surface area contributed by atoms with E-state index in [1.54, 1.807) is 0 Å². The van der Waals surface area contributed by atoms with Crippen molar-refractivity contribution >= 4 is 10.0 Å². The average Bonchev–Trinajstić information content (AvgIpc) is 2.79. The summed E-state index contributed by atoms with van der Waals surface area (Å²) in [5.41, 5.74) is -1.59. The van der Waals surface area contributed by atoms with Crippen LogP contribution in [0, 0.1) is 5.82 Å². The Hall–Kier alpha value is -1.19. The summed E-state index contributed by atoms with van der Waals surface area (Å²) in [5.74, 6) is -1.50. The van der Waals surface area contributed by atoms with Crippen LogP contribution in [-0.2, 0) is 16.2 Å². The SMILES string of the molecule is O=S(=O)(NC1CCNC1)c1ccc(F)c(C(F)(F)F)c1. The first-order valence-corrected chi connectivity index (χ1v) is 7.28. The van der Waals surface area contributed by atoms with E-state index in [-0.39, 0.29) is 6.04 Å². The largest absolute Gasteiger partial charge is 0.419 e. The lowest BCUT2D eigenvalue weighted by Crippen LogP contribution is -2.36. The molecule has 1 saturated heterocycles. The Kier molecular flexibility index (Phi) is 4.03. The molecule has 1 unspecified atom stereocenters. The molecule has 2 rings (SSSR count). The predicted molar refractivity (Wildman–Crippen MR) is 63.0 cm³/mol. The fourth-order valence-electron chi connectivity index (χ4n) is 1.93. The van der Waals surface area contributed by atoms with E-state index in [0.29, 0.717) is 31.6 Å². The van der Waals surface area contributed by atoms with Gasteiger partial charge in [-0.25, -0.2) is 17.5 Å². The minimum absolute atomic E-state index is 0.306. The van der Waals surface area contributed by atoms with Crippen LogP contribution >= 0.6 is 0 Å². The summed E-state index contributed by atoms with van der Waals surface area (Å²) in [6.45, 7) is 1.04. The Balaban J connectivity index is 2.32. The van der Waals surface area contributed by atoms with Crippen LogP contribution in [0.25, 0.3) is 0 Å². The van der Waals surface area contributed by atoms with Crippen LogP contribution < -0.4 is 10.0 Å². The third kappa shape index (κ3) is 3.28. The van der Waals surface area contributed by atoms with Gasteiger partial charge in [0.2, 0.25) is 10.0 Å².